The average molecular weight is 370 g/mol. The molecule has 144 valence electrons. The highest BCUT2D eigenvalue weighted by Crippen LogP contribution is 2.16. The molecule has 1 aromatic heterocycles. The Morgan fingerprint density at radius 1 is 1.22 bits per heavy atom. The first kappa shape index (κ1) is 19.1. The summed E-state index contributed by atoms with van der Waals surface area (Å²) in [5.41, 5.74) is 1.15. The van der Waals surface area contributed by atoms with Crippen LogP contribution in [0.2, 0.25) is 0 Å². The highest BCUT2D eigenvalue weighted by molar-refractivity contribution is 5.94. The summed E-state index contributed by atoms with van der Waals surface area (Å²) in [6.07, 6.45) is 1.43. The largest absolute Gasteiger partial charge is 0.339 e. The number of amides is 2. The Morgan fingerprint density at radius 2 is 1.96 bits per heavy atom. The Morgan fingerprint density at radius 3 is 2.67 bits per heavy atom. The number of aromatic nitrogens is 2. The van der Waals surface area contributed by atoms with Gasteiger partial charge in [0.1, 0.15) is 6.04 Å². The lowest BCUT2D eigenvalue weighted by Crippen LogP contribution is -2.58. The van der Waals surface area contributed by atoms with Gasteiger partial charge in [0.2, 0.25) is 17.7 Å². The lowest BCUT2D eigenvalue weighted by Gasteiger charge is -2.38. The Hall–Kier alpha value is -2.70. The number of nitrogens with zero attached hydrogens (tertiary/aromatic N) is 4. The molecule has 1 atom stereocenters. The molecule has 0 N–H and O–H groups in total. The first-order valence-electron chi connectivity index (χ1n) is 9.37. The second-order valence-corrected chi connectivity index (χ2v) is 7.40. The maximum Gasteiger partial charge on any atom is 0.245 e. The molecule has 2 heterocycles. The first-order valence-corrected chi connectivity index (χ1v) is 9.37. The van der Waals surface area contributed by atoms with Crippen molar-refractivity contribution in [2.75, 3.05) is 13.1 Å². The van der Waals surface area contributed by atoms with Crippen LogP contribution in [-0.2, 0) is 29.0 Å². The standard InChI is InChI=1S/C20H26N4O3/c1-14(2)11-18-21-17(22-27-18)12-24-15(3)20(26)23(13-19(24)25)10-9-16-7-5-4-6-8-16/h4-8,14-15H,9-13H2,1-3H3/t15-/m1/s1. The van der Waals surface area contributed by atoms with Crippen LogP contribution in [-0.4, -0.2) is 50.9 Å². The van der Waals surface area contributed by atoms with Gasteiger partial charge in [-0.3, -0.25) is 9.59 Å². The third-order valence-corrected chi connectivity index (χ3v) is 4.70. The van der Waals surface area contributed by atoms with Gasteiger partial charge in [-0.05, 0) is 24.8 Å². The lowest BCUT2D eigenvalue weighted by molar-refractivity contribution is -0.155. The number of piperazine rings is 1. The first-order chi connectivity index (χ1) is 12.9. The zero-order chi connectivity index (χ0) is 19.4. The van der Waals surface area contributed by atoms with E-state index in [1.807, 2.05) is 30.3 Å². The summed E-state index contributed by atoms with van der Waals surface area (Å²) in [4.78, 5) is 32.8. The molecule has 0 aliphatic carbocycles. The van der Waals surface area contributed by atoms with Crippen LogP contribution < -0.4 is 0 Å². The molecule has 7 heteroatoms. The third kappa shape index (κ3) is 4.72. The van der Waals surface area contributed by atoms with Crippen LogP contribution in [0.3, 0.4) is 0 Å². The van der Waals surface area contributed by atoms with Gasteiger partial charge in [-0.15, -0.1) is 0 Å². The van der Waals surface area contributed by atoms with Crippen molar-refractivity contribution in [3.05, 3.63) is 47.6 Å². The van der Waals surface area contributed by atoms with Crippen LogP contribution in [0.1, 0.15) is 38.0 Å². The van der Waals surface area contributed by atoms with Gasteiger partial charge in [-0.2, -0.15) is 4.98 Å². The van der Waals surface area contributed by atoms with Crippen LogP contribution >= 0.6 is 0 Å². The van der Waals surface area contributed by atoms with E-state index in [2.05, 4.69) is 24.0 Å². The quantitative estimate of drug-likeness (QED) is 0.745. The molecule has 1 aliphatic rings. The minimum Gasteiger partial charge on any atom is -0.339 e. The molecule has 1 aromatic carbocycles. The summed E-state index contributed by atoms with van der Waals surface area (Å²) in [7, 11) is 0. The molecule has 3 rings (SSSR count). The van der Waals surface area contributed by atoms with Crippen molar-refractivity contribution < 1.29 is 14.1 Å². The fourth-order valence-electron chi connectivity index (χ4n) is 3.21. The summed E-state index contributed by atoms with van der Waals surface area (Å²) >= 11 is 0. The van der Waals surface area contributed by atoms with Crippen molar-refractivity contribution in [2.45, 2.75) is 46.2 Å². The maximum absolute atomic E-state index is 12.7. The molecule has 0 bridgehead atoms. The van der Waals surface area contributed by atoms with Gasteiger partial charge >= 0.3 is 0 Å². The third-order valence-electron chi connectivity index (χ3n) is 4.70. The average Bonchev–Trinajstić information content (AvgIpc) is 3.08. The summed E-state index contributed by atoms with van der Waals surface area (Å²) in [6, 6.07) is 9.43. The topological polar surface area (TPSA) is 79.5 Å². The normalized spacial score (nSPS) is 17.9. The minimum absolute atomic E-state index is 0.0450. The van der Waals surface area contributed by atoms with Crippen LogP contribution in [0.4, 0.5) is 0 Å². The molecule has 2 aromatic rings. The predicted octanol–water partition coefficient (Wildman–Crippen LogP) is 2.07. The van der Waals surface area contributed by atoms with Crippen molar-refractivity contribution in [1.29, 1.82) is 0 Å². The van der Waals surface area contributed by atoms with Crippen LogP contribution in [0.5, 0.6) is 0 Å². The molecule has 0 spiro atoms. The van der Waals surface area contributed by atoms with Gasteiger partial charge in [0, 0.05) is 13.0 Å². The Balaban J connectivity index is 1.60. The summed E-state index contributed by atoms with van der Waals surface area (Å²) < 4.78 is 5.23. The van der Waals surface area contributed by atoms with Crippen LogP contribution in [0.15, 0.2) is 34.9 Å². The molecule has 0 radical (unpaired) electrons. The molecule has 7 nitrogen and oxygen atoms in total. The molecule has 1 fully saturated rings. The van der Waals surface area contributed by atoms with Gasteiger partial charge < -0.3 is 14.3 Å². The van der Waals surface area contributed by atoms with E-state index >= 15 is 0 Å². The molecule has 0 saturated carbocycles. The second-order valence-electron chi connectivity index (χ2n) is 7.40. The molecule has 0 unspecified atom stereocenters. The number of benzene rings is 1. The van der Waals surface area contributed by atoms with Crippen molar-refractivity contribution in [2.24, 2.45) is 5.92 Å². The Kier molecular flexibility index (Phi) is 5.88. The highest BCUT2D eigenvalue weighted by Gasteiger charge is 2.36. The van der Waals surface area contributed by atoms with E-state index in [-0.39, 0.29) is 24.9 Å². The summed E-state index contributed by atoms with van der Waals surface area (Å²) in [5, 5.41) is 3.95. The van der Waals surface area contributed by atoms with Crippen molar-refractivity contribution in [3.63, 3.8) is 0 Å². The van der Waals surface area contributed by atoms with Crippen LogP contribution in [0, 0.1) is 5.92 Å². The van der Waals surface area contributed by atoms with Gasteiger partial charge in [0.05, 0.1) is 13.1 Å². The fourth-order valence-corrected chi connectivity index (χ4v) is 3.21. The highest BCUT2D eigenvalue weighted by atomic mass is 16.5. The Labute approximate surface area is 159 Å². The molecular weight excluding hydrogens is 344 g/mol. The number of carbonyl (C=O) groups is 2. The van der Waals surface area contributed by atoms with Gasteiger partial charge in [0.15, 0.2) is 5.82 Å². The fraction of sp³-hybridized carbons (Fsp3) is 0.500. The summed E-state index contributed by atoms with van der Waals surface area (Å²) in [5.74, 6) is 1.28. The van der Waals surface area contributed by atoms with Gasteiger partial charge in [-0.1, -0.05) is 49.3 Å². The zero-order valence-corrected chi connectivity index (χ0v) is 16.1. The van der Waals surface area contributed by atoms with Crippen molar-refractivity contribution >= 4 is 11.8 Å². The van der Waals surface area contributed by atoms with Crippen LogP contribution in [0.25, 0.3) is 0 Å². The van der Waals surface area contributed by atoms with Gasteiger partial charge in [0.25, 0.3) is 0 Å². The molecule has 2 amide bonds. The Bertz CT molecular complexity index is 788. The SMILES string of the molecule is CC(C)Cc1nc(CN2C(=O)CN(CCc3ccccc3)C(=O)[C@H]2C)no1. The number of hydrogen-bond acceptors (Lipinski definition) is 5. The summed E-state index contributed by atoms with van der Waals surface area (Å²) in [6.45, 7) is 6.72. The predicted molar refractivity (Wildman–Crippen MR) is 99.6 cm³/mol. The van der Waals surface area contributed by atoms with E-state index in [0.29, 0.717) is 30.6 Å². The van der Waals surface area contributed by atoms with E-state index in [4.69, 9.17) is 4.52 Å². The monoisotopic (exact) mass is 370 g/mol. The lowest BCUT2D eigenvalue weighted by atomic mass is 10.1. The smallest absolute Gasteiger partial charge is 0.245 e. The van der Waals surface area contributed by atoms with E-state index in [1.54, 1.807) is 11.8 Å². The second kappa shape index (κ2) is 8.33. The molecular formula is C20H26N4O3. The van der Waals surface area contributed by atoms with E-state index in [9.17, 15) is 9.59 Å². The van der Waals surface area contributed by atoms with Gasteiger partial charge in [-0.25, -0.2) is 0 Å². The number of hydrogen-bond donors (Lipinski definition) is 0. The molecule has 1 aliphatic heterocycles. The van der Waals surface area contributed by atoms with Crippen molar-refractivity contribution in [3.8, 4) is 0 Å². The van der Waals surface area contributed by atoms with E-state index in [1.165, 1.54) is 4.90 Å². The molecule has 1 saturated heterocycles. The molecule has 27 heavy (non-hydrogen) atoms. The zero-order valence-electron chi connectivity index (χ0n) is 16.1. The minimum atomic E-state index is -0.533. The number of rotatable bonds is 7. The van der Waals surface area contributed by atoms with E-state index < -0.39 is 6.04 Å². The van der Waals surface area contributed by atoms with Crippen molar-refractivity contribution in [1.82, 2.24) is 19.9 Å². The number of carbonyl (C=O) groups excluding carboxylic acids is 2. The van der Waals surface area contributed by atoms with E-state index in [0.717, 1.165) is 12.0 Å². The maximum atomic E-state index is 12.7.